The molecule has 1 aliphatic carbocycles. The molecule has 100 valence electrons. The van der Waals surface area contributed by atoms with Gasteiger partial charge in [-0.2, -0.15) is 0 Å². The van der Waals surface area contributed by atoms with E-state index in [1.165, 1.54) is 0 Å². The first kappa shape index (κ1) is 12.1. The van der Waals surface area contributed by atoms with Gasteiger partial charge in [-0.1, -0.05) is 5.16 Å². The van der Waals surface area contributed by atoms with Crippen molar-refractivity contribution in [1.82, 2.24) is 10.1 Å². The first-order chi connectivity index (χ1) is 8.61. The largest absolute Gasteiger partial charge is 0.390 e. The molecular formula is C13H20N2O3. The van der Waals surface area contributed by atoms with E-state index < -0.39 is 12.2 Å². The first-order valence-electron chi connectivity index (χ1n) is 6.62. The van der Waals surface area contributed by atoms with E-state index in [1.807, 2.05) is 13.0 Å². The highest BCUT2D eigenvalue weighted by atomic mass is 16.5. The molecule has 1 aromatic rings. The second kappa shape index (κ2) is 4.64. The van der Waals surface area contributed by atoms with Crippen LogP contribution in [0.5, 0.6) is 0 Å². The van der Waals surface area contributed by atoms with Gasteiger partial charge in [-0.3, -0.25) is 4.90 Å². The lowest BCUT2D eigenvalue weighted by Crippen LogP contribution is -2.38. The van der Waals surface area contributed by atoms with Gasteiger partial charge in [-0.25, -0.2) is 0 Å². The molecule has 2 aliphatic rings. The van der Waals surface area contributed by atoms with E-state index in [0.29, 0.717) is 11.8 Å². The Bertz CT molecular complexity index is 402. The highest BCUT2D eigenvalue weighted by Gasteiger charge is 2.41. The van der Waals surface area contributed by atoms with Crippen LogP contribution >= 0.6 is 0 Å². The van der Waals surface area contributed by atoms with Gasteiger partial charge in [-0.15, -0.1) is 0 Å². The molecule has 2 heterocycles. The predicted octanol–water partition coefficient (Wildman–Crippen LogP) is 0.547. The summed E-state index contributed by atoms with van der Waals surface area (Å²) in [5, 5.41) is 23.3. The molecule has 0 radical (unpaired) electrons. The average molecular weight is 252 g/mol. The van der Waals surface area contributed by atoms with Crippen LogP contribution in [0.25, 0.3) is 0 Å². The van der Waals surface area contributed by atoms with E-state index in [9.17, 15) is 10.2 Å². The van der Waals surface area contributed by atoms with Crippen LogP contribution in [-0.2, 0) is 6.54 Å². The van der Waals surface area contributed by atoms with E-state index in [1.54, 1.807) is 0 Å². The molecule has 0 spiro atoms. The van der Waals surface area contributed by atoms with Crippen molar-refractivity contribution in [3.8, 4) is 0 Å². The van der Waals surface area contributed by atoms with Crippen LogP contribution in [-0.4, -0.2) is 45.6 Å². The number of hydrogen-bond acceptors (Lipinski definition) is 5. The van der Waals surface area contributed by atoms with Gasteiger partial charge in [0, 0.05) is 19.2 Å². The fourth-order valence-corrected chi connectivity index (χ4v) is 3.34. The predicted molar refractivity (Wildman–Crippen MR) is 64.7 cm³/mol. The maximum absolute atomic E-state index is 9.71. The number of aliphatic hydroxyl groups is 2. The molecule has 2 fully saturated rings. The molecule has 5 heteroatoms. The smallest absolute Gasteiger partial charge is 0.150 e. The van der Waals surface area contributed by atoms with Crippen molar-refractivity contribution in [2.45, 2.75) is 38.5 Å². The van der Waals surface area contributed by atoms with Crippen LogP contribution in [0.1, 0.15) is 24.3 Å². The lowest BCUT2D eigenvalue weighted by molar-refractivity contribution is -0.0372. The van der Waals surface area contributed by atoms with Crippen molar-refractivity contribution in [1.29, 1.82) is 0 Å². The van der Waals surface area contributed by atoms with Crippen molar-refractivity contribution >= 4 is 0 Å². The average Bonchev–Trinajstić information content (AvgIpc) is 2.86. The number of nitrogens with zero attached hydrogens (tertiary/aromatic N) is 2. The Morgan fingerprint density at radius 2 is 1.89 bits per heavy atom. The summed E-state index contributed by atoms with van der Waals surface area (Å²) >= 11 is 0. The highest BCUT2D eigenvalue weighted by molar-refractivity contribution is 5.04. The molecule has 5 nitrogen and oxygen atoms in total. The standard InChI is InChI=1S/C13H20N2O3/c1-8-2-11(18-14-8)7-15-5-9-3-12(16)13(17)4-10(9)6-15/h2,9-10,12-13,16-17H,3-7H2,1H3/t9-,10+,12-,13-/m0/s1. The summed E-state index contributed by atoms with van der Waals surface area (Å²) in [6, 6.07) is 1.96. The van der Waals surface area contributed by atoms with E-state index >= 15 is 0 Å². The Morgan fingerprint density at radius 1 is 1.28 bits per heavy atom. The van der Waals surface area contributed by atoms with Gasteiger partial charge in [0.25, 0.3) is 0 Å². The second-order valence-corrected chi connectivity index (χ2v) is 5.75. The van der Waals surface area contributed by atoms with E-state index in [-0.39, 0.29) is 0 Å². The minimum Gasteiger partial charge on any atom is -0.390 e. The molecule has 0 bridgehead atoms. The summed E-state index contributed by atoms with van der Waals surface area (Å²) in [5.74, 6) is 1.91. The van der Waals surface area contributed by atoms with Crippen LogP contribution in [0.15, 0.2) is 10.6 Å². The summed E-state index contributed by atoms with van der Waals surface area (Å²) in [6.07, 6.45) is 0.354. The third-order valence-electron chi connectivity index (χ3n) is 4.24. The lowest BCUT2D eigenvalue weighted by Gasteiger charge is -2.32. The van der Waals surface area contributed by atoms with Crippen molar-refractivity contribution in [3.63, 3.8) is 0 Å². The highest BCUT2D eigenvalue weighted by Crippen LogP contribution is 2.36. The molecular weight excluding hydrogens is 232 g/mol. The SMILES string of the molecule is Cc1cc(CN2C[C@H]3C[C@H](O)[C@@H](O)C[C@H]3C2)on1. The molecule has 18 heavy (non-hydrogen) atoms. The summed E-state index contributed by atoms with van der Waals surface area (Å²) in [6.45, 7) is 4.66. The number of aromatic nitrogens is 1. The Kier molecular flexibility index (Phi) is 3.13. The fraction of sp³-hybridized carbons (Fsp3) is 0.769. The third kappa shape index (κ3) is 2.30. The monoisotopic (exact) mass is 252 g/mol. The van der Waals surface area contributed by atoms with Crippen LogP contribution < -0.4 is 0 Å². The summed E-state index contributed by atoms with van der Waals surface area (Å²) < 4.78 is 5.23. The minimum absolute atomic E-state index is 0.507. The van der Waals surface area contributed by atoms with Crippen molar-refractivity contribution in [3.05, 3.63) is 17.5 Å². The molecule has 0 unspecified atom stereocenters. The lowest BCUT2D eigenvalue weighted by atomic mass is 9.79. The zero-order valence-electron chi connectivity index (χ0n) is 10.6. The van der Waals surface area contributed by atoms with E-state index in [4.69, 9.17) is 4.52 Å². The number of aryl methyl sites for hydroxylation is 1. The zero-order chi connectivity index (χ0) is 12.7. The van der Waals surface area contributed by atoms with Gasteiger partial charge in [-0.05, 0) is 31.6 Å². The number of hydrogen-bond donors (Lipinski definition) is 2. The fourth-order valence-electron chi connectivity index (χ4n) is 3.34. The van der Waals surface area contributed by atoms with Crippen LogP contribution in [0.4, 0.5) is 0 Å². The van der Waals surface area contributed by atoms with Crippen LogP contribution in [0.3, 0.4) is 0 Å². The Morgan fingerprint density at radius 3 is 2.39 bits per heavy atom. The van der Waals surface area contributed by atoms with Crippen molar-refractivity contribution in [2.24, 2.45) is 11.8 Å². The van der Waals surface area contributed by atoms with Crippen LogP contribution in [0, 0.1) is 18.8 Å². The third-order valence-corrected chi connectivity index (χ3v) is 4.24. The Labute approximate surface area is 106 Å². The molecule has 2 N–H and O–H groups in total. The molecule has 3 rings (SSSR count). The molecule has 0 aromatic carbocycles. The molecule has 1 aromatic heterocycles. The number of aliphatic hydroxyl groups excluding tert-OH is 2. The van der Waals surface area contributed by atoms with Gasteiger partial charge in [0.2, 0.25) is 0 Å². The van der Waals surface area contributed by atoms with E-state index in [0.717, 1.165) is 43.9 Å². The second-order valence-electron chi connectivity index (χ2n) is 5.75. The Hall–Kier alpha value is -0.910. The van der Waals surface area contributed by atoms with Crippen molar-refractivity contribution in [2.75, 3.05) is 13.1 Å². The van der Waals surface area contributed by atoms with Crippen molar-refractivity contribution < 1.29 is 14.7 Å². The number of rotatable bonds is 2. The van der Waals surface area contributed by atoms with Gasteiger partial charge in [0.15, 0.2) is 5.76 Å². The quantitative estimate of drug-likeness (QED) is 0.804. The maximum atomic E-state index is 9.71. The molecule has 4 atom stereocenters. The van der Waals surface area contributed by atoms with Crippen LogP contribution in [0.2, 0.25) is 0 Å². The summed E-state index contributed by atoms with van der Waals surface area (Å²) in [4.78, 5) is 2.33. The summed E-state index contributed by atoms with van der Waals surface area (Å²) in [7, 11) is 0. The Balaban J connectivity index is 1.61. The normalized spacial score (nSPS) is 36.8. The first-order valence-corrected chi connectivity index (χ1v) is 6.62. The number of likely N-dealkylation sites (tertiary alicyclic amines) is 1. The summed E-state index contributed by atoms with van der Waals surface area (Å²) in [5.41, 5.74) is 0.910. The van der Waals surface area contributed by atoms with Gasteiger partial charge >= 0.3 is 0 Å². The molecule has 1 saturated heterocycles. The number of fused-ring (bicyclic) bond motifs is 1. The zero-order valence-corrected chi connectivity index (χ0v) is 10.6. The van der Waals surface area contributed by atoms with E-state index in [2.05, 4.69) is 10.1 Å². The topological polar surface area (TPSA) is 69.7 Å². The van der Waals surface area contributed by atoms with Gasteiger partial charge in [0.05, 0.1) is 24.4 Å². The van der Waals surface area contributed by atoms with Gasteiger partial charge < -0.3 is 14.7 Å². The molecule has 1 saturated carbocycles. The molecule has 1 aliphatic heterocycles. The van der Waals surface area contributed by atoms with Gasteiger partial charge in [0.1, 0.15) is 0 Å². The maximum Gasteiger partial charge on any atom is 0.150 e. The minimum atomic E-state index is -0.543. The molecule has 0 amide bonds.